The van der Waals surface area contributed by atoms with E-state index in [9.17, 15) is 17.6 Å². The molecule has 4 aromatic rings. The van der Waals surface area contributed by atoms with Crippen molar-refractivity contribution >= 4 is 43.2 Å². The first-order chi connectivity index (χ1) is 16.8. The number of anilines is 1. The van der Waals surface area contributed by atoms with Crippen LogP contribution in [0.25, 0.3) is 10.2 Å². The molecule has 180 valence electrons. The van der Waals surface area contributed by atoms with Crippen LogP contribution in [0.15, 0.2) is 70.6 Å². The molecule has 0 saturated heterocycles. The molecule has 1 aliphatic rings. The van der Waals surface area contributed by atoms with E-state index in [1.54, 1.807) is 0 Å². The lowest BCUT2D eigenvalue weighted by Gasteiger charge is -2.18. The molecule has 0 atom stereocenters. The predicted octanol–water partition coefficient (Wildman–Crippen LogP) is 4.17. The summed E-state index contributed by atoms with van der Waals surface area (Å²) in [4.78, 5) is 17.6. The monoisotopic (exact) mass is 513 g/mol. The average Bonchev–Trinajstić information content (AvgIpc) is 3.18. The summed E-state index contributed by atoms with van der Waals surface area (Å²) >= 11 is 1.38. The maximum atomic E-state index is 13.1. The van der Waals surface area contributed by atoms with Gasteiger partial charge in [0.25, 0.3) is 15.9 Å². The highest BCUT2D eigenvalue weighted by molar-refractivity contribution is 7.92. The molecule has 2 heterocycles. The van der Waals surface area contributed by atoms with E-state index in [0.717, 1.165) is 22.3 Å². The Morgan fingerprint density at radius 2 is 1.71 bits per heavy atom. The molecule has 0 unspecified atom stereocenters. The summed E-state index contributed by atoms with van der Waals surface area (Å²) in [5.41, 5.74) is 1.47. The number of fused-ring (bicyclic) bond motifs is 2. The number of hydrogen-bond acceptors (Lipinski definition) is 6. The lowest BCUT2D eigenvalue weighted by molar-refractivity contribution is 0.0998. The van der Waals surface area contributed by atoms with Crippen molar-refractivity contribution in [3.05, 3.63) is 76.8 Å². The van der Waals surface area contributed by atoms with Gasteiger partial charge in [-0.1, -0.05) is 11.3 Å². The third-order valence-corrected chi connectivity index (χ3v) is 7.81. The van der Waals surface area contributed by atoms with E-state index in [2.05, 4.69) is 9.71 Å². The Hall–Kier alpha value is -3.70. The van der Waals surface area contributed by atoms with E-state index in [1.165, 1.54) is 47.7 Å². The quantitative estimate of drug-likeness (QED) is 0.432. The molecule has 1 aliphatic heterocycles. The molecule has 35 heavy (non-hydrogen) atoms. The van der Waals surface area contributed by atoms with Gasteiger partial charge in [0.1, 0.15) is 19.0 Å². The van der Waals surface area contributed by atoms with Crippen molar-refractivity contribution < 1.29 is 27.1 Å². The molecular formula is C24H20FN3O5S2. The SMILES string of the molecule is CCn1c(=NC(=O)c2ccc(NS(=O)(=O)c3ccc(F)cc3)cc2)sc2cc3c(cc21)OCCO3. The van der Waals surface area contributed by atoms with Gasteiger partial charge in [-0.2, -0.15) is 4.99 Å². The van der Waals surface area contributed by atoms with Gasteiger partial charge in [-0.15, -0.1) is 0 Å². The zero-order valence-electron chi connectivity index (χ0n) is 18.5. The second-order valence-electron chi connectivity index (χ2n) is 7.65. The van der Waals surface area contributed by atoms with Crippen LogP contribution in [-0.4, -0.2) is 32.1 Å². The second kappa shape index (κ2) is 9.16. The first-order valence-electron chi connectivity index (χ1n) is 10.7. The summed E-state index contributed by atoms with van der Waals surface area (Å²) in [6.45, 7) is 3.55. The molecule has 3 aromatic carbocycles. The van der Waals surface area contributed by atoms with E-state index in [-0.39, 0.29) is 10.6 Å². The molecule has 0 radical (unpaired) electrons. The van der Waals surface area contributed by atoms with Gasteiger partial charge in [-0.25, -0.2) is 12.8 Å². The van der Waals surface area contributed by atoms with Crippen molar-refractivity contribution in [2.75, 3.05) is 17.9 Å². The largest absolute Gasteiger partial charge is 0.486 e. The van der Waals surface area contributed by atoms with Crippen molar-refractivity contribution in [3.63, 3.8) is 0 Å². The van der Waals surface area contributed by atoms with E-state index >= 15 is 0 Å². The van der Waals surface area contributed by atoms with Crippen LogP contribution in [0.3, 0.4) is 0 Å². The highest BCUT2D eigenvalue weighted by atomic mass is 32.2. The predicted molar refractivity (Wildman–Crippen MR) is 130 cm³/mol. The number of carbonyl (C=O) groups excluding carboxylic acids is 1. The maximum Gasteiger partial charge on any atom is 0.279 e. The number of carbonyl (C=O) groups is 1. The standard InChI is InChI=1S/C24H20FN3O5S2/c1-2-28-19-13-20-21(33-12-11-32-20)14-22(19)34-24(28)26-23(29)15-3-7-17(8-4-15)27-35(30,31)18-9-5-16(25)6-10-18/h3-10,13-14,27H,2,11-12H2,1H3. The molecule has 11 heteroatoms. The molecule has 0 bridgehead atoms. The number of aryl methyl sites for hydroxylation is 1. The summed E-state index contributed by atoms with van der Waals surface area (Å²) in [5, 5.41) is 0. The molecule has 0 spiro atoms. The summed E-state index contributed by atoms with van der Waals surface area (Å²) in [6, 6.07) is 14.2. The lowest BCUT2D eigenvalue weighted by atomic mass is 10.2. The van der Waals surface area contributed by atoms with Crippen LogP contribution < -0.4 is 19.0 Å². The molecule has 1 aromatic heterocycles. The number of amides is 1. The third kappa shape index (κ3) is 4.64. The number of aromatic nitrogens is 1. The molecule has 0 fully saturated rings. The van der Waals surface area contributed by atoms with Gasteiger partial charge < -0.3 is 14.0 Å². The maximum absolute atomic E-state index is 13.1. The molecule has 1 N–H and O–H groups in total. The van der Waals surface area contributed by atoms with Gasteiger partial charge in [-0.05, 0) is 55.5 Å². The molecular weight excluding hydrogens is 493 g/mol. The zero-order chi connectivity index (χ0) is 24.6. The Kier molecular flexibility index (Phi) is 6.03. The normalized spacial score (nSPS) is 13.7. The number of halogens is 1. The third-order valence-electron chi connectivity index (χ3n) is 5.37. The van der Waals surface area contributed by atoms with Crippen LogP contribution in [0.1, 0.15) is 17.3 Å². The number of rotatable bonds is 5. The van der Waals surface area contributed by atoms with Gasteiger partial charge in [0.05, 0.1) is 15.1 Å². The number of nitrogens with zero attached hydrogens (tertiary/aromatic N) is 2. The zero-order valence-corrected chi connectivity index (χ0v) is 20.2. The number of nitrogens with one attached hydrogen (secondary N) is 1. The average molecular weight is 514 g/mol. The molecule has 0 aliphatic carbocycles. The Morgan fingerprint density at radius 3 is 2.37 bits per heavy atom. The first-order valence-corrected chi connectivity index (χ1v) is 13.0. The van der Waals surface area contributed by atoms with Crippen LogP contribution in [-0.2, 0) is 16.6 Å². The van der Waals surface area contributed by atoms with Crippen molar-refractivity contribution in [3.8, 4) is 11.5 Å². The molecule has 1 amide bonds. The summed E-state index contributed by atoms with van der Waals surface area (Å²) in [5.74, 6) is 0.355. The number of hydrogen-bond donors (Lipinski definition) is 1. The molecule has 0 saturated carbocycles. The smallest absolute Gasteiger partial charge is 0.279 e. The Labute approximate surface area is 204 Å². The van der Waals surface area contributed by atoms with E-state index in [4.69, 9.17) is 9.47 Å². The minimum Gasteiger partial charge on any atom is -0.486 e. The first kappa shape index (κ1) is 23.1. The number of sulfonamides is 1. The summed E-state index contributed by atoms with van der Waals surface area (Å²) in [6.07, 6.45) is 0. The minimum absolute atomic E-state index is 0.0691. The number of benzene rings is 3. The topological polar surface area (TPSA) is 99.0 Å². The van der Waals surface area contributed by atoms with Crippen LogP contribution in [0.2, 0.25) is 0 Å². The summed E-state index contributed by atoms with van der Waals surface area (Å²) in [7, 11) is -3.89. The highest BCUT2D eigenvalue weighted by Gasteiger charge is 2.17. The fraction of sp³-hybridized carbons (Fsp3) is 0.167. The van der Waals surface area contributed by atoms with Crippen LogP contribution in [0.4, 0.5) is 10.1 Å². The van der Waals surface area contributed by atoms with Gasteiger partial charge in [0, 0.05) is 29.9 Å². The van der Waals surface area contributed by atoms with Gasteiger partial charge >= 0.3 is 0 Å². The Balaban J connectivity index is 1.41. The Morgan fingerprint density at radius 1 is 1.06 bits per heavy atom. The van der Waals surface area contributed by atoms with E-state index in [0.29, 0.717) is 41.6 Å². The number of ether oxygens (including phenoxy) is 2. The van der Waals surface area contributed by atoms with Crippen molar-refractivity contribution in [2.45, 2.75) is 18.4 Å². The fourth-order valence-corrected chi connectivity index (χ4v) is 5.82. The van der Waals surface area contributed by atoms with Crippen molar-refractivity contribution in [2.24, 2.45) is 4.99 Å². The van der Waals surface area contributed by atoms with Crippen LogP contribution in [0.5, 0.6) is 11.5 Å². The van der Waals surface area contributed by atoms with Gasteiger partial charge in [0.2, 0.25) is 0 Å². The Bertz CT molecular complexity index is 1590. The van der Waals surface area contributed by atoms with Crippen molar-refractivity contribution in [1.82, 2.24) is 4.57 Å². The van der Waals surface area contributed by atoms with E-state index in [1.807, 2.05) is 23.6 Å². The minimum atomic E-state index is -3.89. The van der Waals surface area contributed by atoms with E-state index < -0.39 is 21.7 Å². The number of thiazole rings is 1. The molecule has 8 nitrogen and oxygen atoms in total. The second-order valence-corrected chi connectivity index (χ2v) is 10.3. The van der Waals surface area contributed by atoms with Crippen LogP contribution in [0, 0.1) is 5.82 Å². The fourth-order valence-electron chi connectivity index (χ4n) is 3.66. The lowest BCUT2D eigenvalue weighted by Crippen LogP contribution is -2.17. The highest BCUT2D eigenvalue weighted by Crippen LogP contribution is 2.35. The summed E-state index contributed by atoms with van der Waals surface area (Å²) < 4.78 is 54.7. The van der Waals surface area contributed by atoms with Gasteiger partial charge in [-0.3, -0.25) is 9.52 Å². The molecule has 5 rings (SSSR count). The van der Waals surface area contributed by atoms with Crippen molar-refractivity contribution in [1.29, 1.82) is 0 Å². The van der Waals surface area contributed by atoms with Crippen LogP contribution >= 0.6 is 11.3 Å². The van der Waals surface area contributed by atoms with Gasteiger partial charge in [0.15, 0.2) is 16.3 Å².